The number of rotatable bonds is 6. The fraction of sp³-hybridized carbons (Fsp3) is 0.571. The van der Waals surface area contributed by atoms with Crippen LogP contribution in [0.3, 0.4) is 0 Å². The lowest BCUT2D eigenvalue weighted by molar-refractivity contribution is 0.551. The first kappa shape index (κ1) is 13.6. The van der Waals surface area contributed by atoms with Crippen LogP contribution in [0.1, 0.15) is 51.1 Å². The highest BCUT2D eigenvalue weighted by atomic mass is 15.1. The molecule has 0 bridgehead atoms. The van der Waals surface area contributed by atoms with Gasteiger partial charge < -0.3 is 16.0 Å². The number of aromatic nitrogens is 3. The van der Waals surface area contributed by atoms with Gasteiger partial charge in [-0.05, 0) is 24.8 Å². The van der Waals surface area contributed by atoms with E-state index in [1.807, 2.05) is 0 Å². The molecule has 0 fully saturated rings. The van der Waals surface area contributed by atoms with Gasteiger partial charge in [-0.2, -0.15) is 4.98 Å². The quantitative estimate of drug-likeness (QED) is 0.745. The van der Waals surface area contributed by atoms with Gasteiger partial charge in [0.25, 0.3) is 0 Å². The summed E-state index contributed by atoms with van der Waals surface area (Å²) in [6.07, 6.45) is 4.74. The lowest BCUT2D eigenvalue weighted by atomic mass is 9.95. The van der Waals surface area contributed by atoms with Crippen molar-refractivity contribution >= 4 is 22.8 Å². The SMILES string of the molecule is CCCC(CCC)c1cc2nc(NC)nc(N)c2[nH]1. The Balaban J connectivity index is 2.41. The van der Waals surface area contributed by atoms with Gasteiger partial charge in [-0.1, -0.05) is 26.7 Å². The van der Waals surface area contributed by atoms with E-state index < -0.39 is 0 Å². The minimum absolute atomic E-state index is 0.507. The van der Waals surface area contributed by atoms with E-state index in [1.54, 1.807) is 7.05 Å². The molecule has 19 heavy (non-hydrogen) atoms. The Labute approximate surface area is 114 Å². The van der Waals surface area contributed by atoms with Crippen LogP contribution >= 0.6 is 0 Å². The molecule has 2 rings (SSSR count). The molecule has 2 aromatic rings. The maximum Gasteiger partial charge on any atom is 0.225 e. The summed E-state index contributed by atoms with van der Waals surface area (Å²) in [6.45, 7) is 4.44. The molecule has 4 N–H and O–H groups in total. The number of H-pyrrole nitrogens is 1. The van der Waals surface area contributed by atoms with Crippen molar-refractivity contribution in [3.05, 3.63) is 11.8 Å². The first-order valence-corrected chi connectivity index (χ1v) is 7.03. The van der Waals surface area contributed by atoms with Crippen molar-refractivity contribution in [3.63, 3.8) is 0 Å². The van der Waals surface area contributed by atoms with Crippen molar-refractivity contribution in [1.29, 1.82) is 0 Å². The highest BCUT2D eigenvalue weighted by Gasteiger charge is 2.15. The van der Waals surface area contributed by atoms with Crippen molar-refractivity contribution in [2.45, 2.75) is 45.4 Å². The first-order valence-electron chi connectivity index (χ1n) is 7.03. The predicted molar refractivity (Wildman–Crippen MR) is 80.4 cm³/mol. The summed E-state index contributed by atoms with van der Waals surface area (Å²) in [7, 11) is 1.80. The summed E-state index contributed by atoms with van der Waals surface area (Å²) in [5, 5.41) is 2.93. The topological polar surface area (TPSA) is 79.6 Å². The Morgan fingerprint density at radius 2 is 1.95 bits per heavy atom. The van der Waals surface area contributed by atoms with Gasteiger partial charge in [0.1, 0.15) is 5.52 Å². The molecule has 0 unspecified atom stereocenters. The van der Waals surface area contributed by atoms with Crippen molar-refractivity contribution in [1.82, 2.24) is 15.0 Å². The summed E-state index contributed by atoms with van der Waals surface area (Å²) < 4.78 is 0. The summed E-state index contributed by atoms with van der Waals surface area (Å²) in [6, 6.07) is 2.12. The number of fused-ring (bicyclic) bond motifs is 1. The van der Waals surface area contributed by atoms with E-state index in [0.29, 0.717) is 17.7 Å². The first-order chi connectivity index (χ1) is 9.19. The van der Waals surface area contributed by atoms with Crippen LogP contribution in [0.5, 0.6) is 0 Å². The zero-order chi connectivity index (χ0) is 13.8. The molecular weight excluding hydrogens is 238 g/mol. The highest BCUT2D eigenvalue weighted by Crippen LogP contribution is 2.29. The van der Waals surface area contributed by atoms with Crippen LogP contribution in [-0.4, -0.2) is 22.0 Å². The number of nitrogen functional groups attached to an aromatic ring is 1. The summed E-state index contributed by atoms with van der Waals surface area (Å²) >= 11 is 0. The van der Waals surface area contributed by atoms with E-state index in [9.17, 15) is 0 Å². The number of aromatic amines is 1. The van der Waals surface area contributed by atoms with Gasteiger partial charge in [-0.3, -0.25) is 0 Å². The fourth-order valence-corrected chi connectivity index (χ4v) is 2.54. The van der Waals surface area contributed by atoms with Crippen LogP contribution in [0.4, 0.5) is 11.8 Å². The number of hydrogen-bond acceptors (Lipinski definition) is 4. The van der Waals surface area contributed by atoms with Gasteiger partial charge in [0.15, 0.2) is 5.82 Å². The molecule has 104 valence electrons. The molecule has 2 aromatic heterocycles. The number of hydrogen-bond donors (Lipinski definition) is 3. The maximum absolute atomic E-state index is 5.97. The largest absolute Gasteiger partial charge is 0.382 e. The van der Waals surface area contributed by atoms with Crippen LogP contribution < -0.4 is 11.1 Å². The number of nitrogens with one attached hydrogen (secondary N) is 2. The molecule has 0 aliphatic rings. The third-order valence-electron chi connectivity index (χ3n) is 3.46. The minimum atomic E-state index is 0.507. The van der Waals surface area contributed by atoms with Gasteiger partial charge in [0, 0.05) is 12.7 Å². The molecular formula is C14H23N5. The zero-order valence-corrected chi connectivity index (χ0v) is 12.0. The smallest absolute Gasteiger partial charge is 0.225 e. The third-order valence-corrected chi connectivity index (χ3v) is 3.46. The van der Waals surface area contributed by atoms with E-state index in [-0.39, 0.29) is 0 Å². The maximum atomic E-state index is 5.97. The van der Waals surface area contributed by atoms with Gasteiger partial charge in [0.2, 0.25) is 5.95 Å². The standard InChI is InChI=1S/C14H23N5/c1-4-6-9(7-5-2)10-8-11-12(17-10)13(15)19-14(16-3)18-11/h8-9,17H,4-7H2,1-3H3,(H3,15,16,18,19). The fourth-order valence-electron chi connectivity index (χ4n) is 2.54. The predicted octanol–water partition coefficient (Wildman–Crippen LogP) is 3.27. The van der Waals surface area contributed by atoms with E-state index >= 15 is 0 Å². The molecule has 0 radical (unpaired) electrons. The van der Waals surface area contributed by atoms with Crippen LogP contribution in [0, 0.1) is 0 Å². The normalized spacial score (nSPS) is 11.4. The van der Waals surface area contributed by atoms with Crippen LogP contribution in [0.15, 0.2) is 6.07 Å². The molecule has 0 aromatic carbocycles. The Morgan fingerprint density at radius 3 is 2.53 bits per heavy atom. The molecule has 2 heterocycles. The van der Waals surface area contributed by atoms with Crippen LogP contribution in [0.25, 0.3) is 11.0 Å². The lowest BCUT2D eigenvalue weighted by Gasteiger charge is -2.12. The molecule has 0 amide bonds. The molecule has 0 aliphatic carbocycles. The Bertz CT molecular complexity index is 540. The molecule has 0 saturated carbocycles. The van der Waals surface area contributed by atoms with Gasteiger partial charge in [-0.15, -0.1) is 0 Å². The van der Waals surface area contributed by atoms with Crippen molar-refractivity contribution in [2.75, 3.05) is 18.1 Å². The molecule has 0 saturated heterocycles. The molecule has 0 aliphatic heterocycles. The zero-order valence-electron chi connectivity index (χ0n) is 12.0. The minimum Gasteiger partial charge on any atom is -0.382 e. The van der Waals surface area contributed by atoms with Gasteiger partial charge in [0.05, 0.1) is 5.52 Å². The molecule has 5 heteroatoms. The van der Waals surface area contributed by atoms with Gasteiger partial charge in [-0.25, -0.2) is 4.98 Å². The molecule has 0 spiro atoms. The van der Waals surface area contributed by atoms with E-state index in [0.717, 1.165) is 11.0 Å². The van der Waals surface area contributed by atoms with E-state index in [2.05, 4.69) is 40.2 Å². The average Bonchev–Trinajstić information content (AvgIpc) is 2.82. The Morgan fingerprint density at radius 1 is 1.26 bits per heavy atom. The number of anilines is 2. The summed E-state index contributed by atoms with van der Waals surface area (Å²) in [4.78, 5) is 12.1. The summed E-state index contributed by atoms with van der Waals surface area (Å²) in [5.41, 5.74) is 8.95. The Kier molecular flexibility index (Phi) is 4.24. The van der Waals surface area contributed by atoms with Crippen molar-refractivity contribution < 1.29 is 0 Å². The van der Waals surface area contributed by atoms with Crippen LogP contribution in [-0.2, 0) is 0 Å². The van der Waals surface area contributed by atoms with Gasteiger partial charge >= 0.3 is 0 Å². The second kappa shape index (κ2) is 5.91. The monoisotopic (exact) mass is 261 g/mol. The van der Waals surface area contributed by atoms with E-state index in [1.165, 1.54) is 31.4 Å². The molecule has 0 atom stereocenters. The summed E-state index contributed by atoms with van der Waals surface area (Å²) in [5.74, 6) is 1.63. The lowest BCUT2D eigenvalue weighted by Crippen LogP contribution is -2.00. The van der Waals surface area contributed by atoms with Crippen molar-refractivity contribution in [2.24, 2.45) is 0 Å². The third kappa shape index (κ3) is 2.80. The Hall–Kier alpha value is -1.78. The second-order valence-electron chi connectivity index (χ2n) is 4.94. The number of nitrogens with two attached hydrogens (primary N) is 1. The highest BCUT2D eigenvalue weighted by molar-refractivity contribution is 5.86. The molecule has 5 nitrogen and oxygen atoms in total. The van der Waals surface area contributed by atoms with Crippen LogP contribution in [0.2, 0.25) is 0 Å². The number of nitrogens with zero attached hydrogens (tertiary/aromatic N) is 2. The van der Waals surface area contributed by atoms with E-state index in [4.69, 9.17) is 5.73 Å². The average molecular weight is 261 g/mol. The second-order valence-corrected chi connectivity index (χ2v) is 4.94. The van der Waals surface area contributed by atoms with Crippen molar-refractivity contribution in [3.8, 4) is 0 Å².